The first kappa shape index (κ1) is 20.8. The van der Waals surface area contributed by atoms with Gasteiger partial charge in [-0.05, 0) is 42.3 Å². The second kappa shape index (κ2) is 8.62. The number of fused-ring (bicyclic) bond motifs is 1. The number of nitrogens with zero attached hydrogens (tertiary/aromatic N) is 1. The van der Waals surface area contributed by atoms with Crippen molar-refractivity contribution in [2.75, 3.05) is 25.3 Å². The Bertz CT molecular complexity index is 1170. The minimum absolute atomic E-state index is 0.210. The van der Waals surface area contributed by atoms with E-state index in [0.29, 0.717) is 33.3 Å². The average molecular weight is 433 g/mol. The molecule has 3 rings (SSSR count). The minimum Gasteiger partial charge on any atom is -0.493 e. The van der Waals surface area contributed by atoms with Crippen molar-refractivity contribution in [3.63, 3.8) is 0 Å². The van der Waals surface area contributed by atoms with Crippen LogP contribution >= 0.6 is 11.3 Å². The number of rotatable bonds is 8. The first-order valence-electron chi connectivity index (χ1n) is 8.61. The number of anilines is 1. The summed E-state index contributed by atoms with van der Waals surface area (Å²) in [5, 5.41) is 3.04. The summed E-state index contributed by atoms with van der Waals surface area (Å²) >= 11 is 1.20. The summed E-state index contributed by atoms with van der Waals surface area (Å²) in [6, 6.07) is 10.1. The van der Waals surface area contributed by atoms with Gasteiger partial charge in [0.2, 0.25) is 0 Å². The first-order valence-corrected chi connectivity index (χ1v) is 11.3. The predicted molar refractivity (Wildman–Crippen MR) is 114 cm³/mol. The Morgan fingerprint density at radius 1 is 1.24 bits per heavy atom. The van der Waals surface area contributed by atoms with Gasteiger partial charge in [-0.3, -0.25) is 10.1 Å². The Kier molecular flexibility index (Phi) is 6.19. The number of aromatic nitrogens is 1. The Balaban J connectivity index is 1.67. The molecule has 0 aliphatic rings. The number of amides is 1. The van der Waals surface area contributed by atoms with Crippen molar-refractivity contribution in [2.24, 2.45) is 0 Å². The second-order valence-corrected chi connectivity index (χ2v) is 9.28. The number of benzene rings is 2. The number of nitrogens with one attached hydrogen (secondary N) is 1. The van der Waals surface area contributed by atoms with Gasteiger partial charge >= 0.3 is 0 Å². The normalized spacial score (nSPS) is 11.2. The lowest BCUT2D eigenvalue weighted by molar-refractivity contribution is -0.118. The third kappa shape index (κ3) is 5.12. The molecule has 0 spiro atoms. The topological polar surface area (TPSA) is 94.6 Å². The highest BCUT2D eigenvalue weighted by molar-refractivity contribution is 7.90. The average Bonchev–Trinajstić information content (AvgIpc) is 3.07. The third-order valence-electron chi connectivity index (χ3n) is 4.00. The molecule has 0 saturated carbocycles. The van der Waals surface area contributed by atoms with E-state index < -0.39 is 9.84 Å². The predicted octanol–water partition coefficient (Wildman–Crippen LogP) is 3.45. The molecule has 0 unspecified atom stereocenters. The van der Waals surface area contributed by atoms with E-state index in [-0.39, 0.29) is 17.4 Å². The number of thiazole rings is 1. The molecule has 1 heterocycles. The van der Waals surface area contributed by atoms with E-state index in [9.17, 15) is 13.2 Å². The Hall–Kier alpha value is -2.91. The zero-order chi connectivity index (χ0) is 21.0. The highest BCUT2D eigenvalue weighted by Crippen LogP contribution is 2.30. The van der Waals surface area contributed by atoms with Crippen molar-refractivity contribution in [2.45, 2.75) is 11.3 Å². The van der Waals surface area contributed by atoms with Gasteiger partial charge in [-0.15, -0.1) is 6.58 Å². The molecule has 7 nitrogen and oxygen atoms in total. The summed E-state index contributed by atoms with van der Waals surface area (Å²) in [7, 11) is -1.77. The summed E-state index contributed by atoms with van der Waals surface area (Å²) in [6.07, 6.45) is 3.64. The van der Waals surface area contributed by atoms with Crippen molar-refractivity contribution < 1.29 is 22.7 Å². The highest BCUT2D eigenvalue weighted by Gasteiger charge is 2.13. The molecule has 0 bridgehead atoms. The Morgan fingerprint density at radius 3 is 2.72 bits per heavy atom. The third-order valence-corrected chi connectivity index (χ3v) is 6.05. The number of carbonyl (C=O) groups excluding carboxylic acids is 1. The fourth-order valence-corrected chi connectivity index (χ4v) is 4.26. The van der Waals surface area contributed by atoms with Crippen molar-refractivity contribution in [3.8, 4) is 11.5 Å². The summed E-state index contributed by atoms with van der Waals surface area (Å²) < 4.78 is 34.9. The molecule has 1 aromatic heterocycles. The Morgan fingerprint density at radius 2 is 2.03 bits per heavy atom. The van der Waals surface area contributed by atoms with Crippen LogP contribution in [0.5, 0.6) is 11.5 Å². The quantitative estimate of drug-likeness (QED) is 0.548. The van der Waals surface area contributed by atoms with E-state index >= 15 is 0 Å². The number of sulfone groups is 1. The van der Waals surface area contributed by atoms with Crippen molar-refractivity contribution in [1.82, 2.24) is 4.98 Å². The lowest BCUT2D eigenvalue weighted by Gasteiger charge is -2.11. The van der Waals surface area contributed by atoms with Gasteiger partial charge in [-0.25, -0.2) is 13.4 Å². The molecule has 2 aromatic carbocycles. The minimum atomic E-state index is -3.31. The van der Waals surface area contributed by atoms with Crippen LogP contribution in [0.3, 0.4) is 0 Å². The van der Waals surface area contributed by atoms with Crippen LogP contribution in [0.4, 0.5) is 5.13 Å². The van der Waals surface area contributed by atoms with Crippen LogP contribution < -0.4 is 14.8 Å². The first-order chi connectivity index (χ1) is 13.8. The molecule has 29 heavy (non-hydrogen) atoms. The van der Waals surface area contributed by atoms with Crippen LogP contribution in [0.25, 0.3) is 10.2 Å². The molecule has 0 radical (unpaired) electrons. The van der Waals surface area contributed by atoms with Gasteiger partial charge in [0.1, 0.15) is 0 Å². The SMILES string of the molecule is C=CCc1ccc(OCC(=O)Nc2nc3ccc(S(C)(=O)=O)cc3s2)c(OC)c1. The van der Waals surface area contributed by atoms with Crippen molar-refractivity contribution in [1.29, 1.82) is 0 Å². The van der Waals surface area contributed by atoms with E-state index in [2.05, 4.69) is 16.9 Å². The van der Waals surface area contributed by atoms with Crippen molar-refractivity contribution >= 4 is 42.4 Å². The molecule has 9 heteroatoms. The monoisotopic (exact) mass is 432 g/mol. The maximum absolute atomic E-state index is 12.2. The van der Waals surface area contributed by atoms with E-state index in [0.717, 1.165) is 11.8 Å². The van der Waals surface area contributed by atoms with Crippen molar-refractivity contribution in [3.05, 3.63) is 54.6 Å². The molecule has 152 valence electrons. The molecule has 1 amide bonds. The standard InChI is InChI=1S/C20H20N2O5S2/c1-4-5-13-6-9-16(17(10-13)26-2)27-12-19(23)22-20-21-15-8-7-14(29(3,24)25)11-18(15)28-20/h4,6-11H,1,5,12H2,2-3H3,(H,21,22,23). The molecule has 0 aliphatic carbocycles. The van der Waals surface area contributed by atoms with Gasteiger partial charge in [0.05, 0.1) is 22.2 Å². The number of methoxy groups -OCH3 is 1. The summed E-state index contributed by atoms with van der Waals surface area (Å²) in [4.78, 5) is 16.7. The van der Waals surface area contributed by atoms with E-state index in [1.165, 1.54) is 24.5 Å². The number of hydrogen-bond donors (Lipinski definition) is 1. The van der Waals surface area contributed by atoms with E-state index in [4.69, 9.17) is 9.47 Å². The summed E-state index contributed by atoms with van der Waals surface area (Å²) in [5.41, 5.74) is 1.63. The molecule has 0 fully saturated rings. The molecule has 3 aromatic rings. The second-order valence-electron chi connectivity index (χ2n) is 6.24. The van der Waals surface area contributed by atoms with Crippen LogP contribution in [0.15, 0.2) is 53.9 Å². The molecule has 0 aliphatic heterocycles. The molecular weight excluding hydrogens is 412 g/mol. The number of carbonyl (C=O) groups is 1. The van der Waals surface area contributed by atoms with Gasteiger partial charge in [0.25, 0.3) is 5.91 Å². The van der Waals surface area contributed by atoms with Crippen LogP contribution in [0, 0.1) is 0 Å². The lowest BCUT2D eigenvalue weighted by atomic mass is 10.1. The molecule has 1 N–H and O–H groups in total. The maximum atomic E-state index is 12.2. The molecule has 0 saturated heterocycles. The van der Waals surface area contributed by atoms with Gasteiger partial charge in [0.15, 0.2) is 33.1 Å². The number of hydrogen-bond acceptors (Lipinski definition) is 7. The van der Waals surface area contributed by atoms with Crippen LogP contribution in [-0.4, -0.2) is 39.3 Å². The zero-order valence-electron chi connectivity index (χ0n) is 16.0. The fourth-order valence-electron chi connectivity index (χ4n) is 2.61. The van der Waals surface area contributed by atoms with Crippen LogP contribution in [0.1, 0.15) is 5.56 Å². The van der Waals surface area contributed by atoms with Gasteiger partial charge in [-0.1, -0.05) is 23.5 Å². The summed E-state index contributed by atoms with van der Waals surface area (Å²) in [5.74, 6) is 0.604. The maximum Gasteiger partial charge on any atom is 0.264 e. The Labute approximate surface area is 172 Å². The van der Waals surface area contributed by atoms with E-state index in [1.807, 2.05) is 12.1 Å². The lowest BCUT2D eigenvalue weighted by Crippen LogP contribution is -2.20. The highest BCUT2D eigenvalue weighted by atomic mass is 32.2. The molecule has 0 atom stereocenters. The van der Waals surface area contributed by atoms with Gasteiger partial charge in [0, 0.05) is 6.26 Å². The van der Waals surface area contributed by atoms with Crippen LogP contribution in [0.2, 0.25) is 0 Å². The number of allylic oxidation sites excluding steroid dienone is 1. The molecular formula is C20H20N2O5S2. The zero-order valence-corrected chi connectivity index (χ0v) is 17.6. The van der Waals surface area contributed by atoms with Gasteiger partial charge < -0.3 is 9.47 Å². The largest absolute Gasteiger partial charge is 0.493 e. The summed E-state index contributed by atoms with van der Waals surface area (Å²) in [6.45, 7) is 3.49. The van der Waals surface area contributed by atoms with Crippen LogP contribution in [-0.2, 0) is 21.1 Å². The fraction of sp³-hybridized carbons (Fsp3) is 0.200. The number of ether oxygens (including phenoxy) is 2. The smallest absolute Gasteiger partial charge is 0.264 e. The van der Waals surface area contributed by atoms with E-state index in [1.54, 1.807) is 24.3 Å². The van der Waals surface area contributed by atoms with Gasteiger partial charge in [-0.2, -0.15) is 0 Å².